The van der Waals surface area contributed by atoms with Crippen LogP contribution in [0.25, 0.3) is 0 Å². The summed E-state index contributed by atoms with van der Waals surface area (Å²) in [6.07, 6.45) is 0. The van der Waals surface area contributed by atoms with E-state index in [0.29, 0.717) is 13.2 Å². The zero-order valence-corrected chi connectivity index (χ0v) is 17.3. The minimum absolute atomic E-state index is 0.0966. The minimum atomic E-state index is -0.269. The lowest BCUT2D eigenvalue weighted by Crippen LogP contribution is -2.47. The van der Waals surface area contributed by atoms with Crippen molar-refractivity contribution in [2.45, 2.75) is 32.2 Å². The van der Waals surface area contributed by atoms with Gasteiger partial charge in [0.25, 0.3) is 0 Å². The third kappa shape index (κ3) is 3.73. The van der Waals surface area contributed by atoms with Crippen molar-refractivity contribution in [3.05, 3.63) is 71.8 Å². The SMILES string of the molecule is CCN(C)C/N=C(\CN)N1N=C(c2ccccc2)C(C)(c2ccccc2)C1C. The highest BCUT2D eigenvalue weighted by molar-refractivity contribution is 6.10. The van der Waals surface area contributed by atoms with Gasteiger partial charge >= 0.3 is 0 Å². The molecule has 0 bridgehead atoms. The van der Waals surface area contributed by atoms with Crippen molar-refractivity contribution in [3.63, 3.8) is 0 Å². The van der Waals surface area contributed by atoms with Gasteiger partial charge in [0.15, 0.2) is 0 Å². The number of hydrazone groups is 1. The van der Waals surface area contributed by atoms with Gasteiger partial charge in [0.2, 0.25) is 0 Å². The normalized spacial score (nSPS) is 22.6. The number of aliphatic imine (C=N–C) groups is 1. The number of nitrogens with zero attached hydrogens (tertiary/aromatic N) is 4. The molecule has 2 N–H and O–H groups in total. The smallest absolute Gasteiger partial charge is 0.135 e. The van der Waals surface area contributed by atoms with Crippen LogP contribution >= 0.6 is 0 Å². The first-order valence-electron chi connectivity index (χ1n) is 9.93. The van der Waals surface area contributed by atoms with Crippen LogP contribution in [-0.2, 0) is 5.41 Å². The highest BCUT2D eigenvalue weighted by Gasteiger charge is 2.48. The Labute approximate surface area is 168 Å². The summed E-state index contributed by atoms with van der Waals surface area (Å²) in [6, 6.07) is 21.1. The molecule has 2 aromatic rings. The molecule has 0 radical (unpaired) electrons. The second kappa shape index (κ2) is 8.67. The average Bonchev–Trinajstić information content (AvgIpc) is 3.02. The molecule has 0 aromatic heterocycles. The van der Waals surface area contributed by atoms with Crippen molar-refractivity contribution >= 4 is 11.5 Å². The predicted molar refractivity (Wildman–Crippen MR) is 118 cm³/mol. The Hall–Kier alpha value is -2.50. The molecule has 2 aromatic carbocycles. The number of hydrogen-bond donors (Lipinski definition) is 1. The zero-order valence-electron chi connectivity index (χ0n) is 17.3. The van der Waals surface area contributed by atoms with E-state index in [9.17, 15) is 0 Å². The first kappa shape index (κ1) is 20.2. The van der Waals surface area contributed by atoms with Crippen molar-refractivity contribution < 1.29 is 0 Å². The van der Waals surface area contributed by atoms with E-state index in [0.717, 1.165) is 23.7 Å². The molecule has 5 heteroatoms. The van der Waals surface area contributed by atoms with E-state index in [1.165, 1.54) is 5.56 Å². The number of nitrogens with two attached hydrogens (primary N) is 1. The van der Waals surface area contributed by atoms with E-state index < -0.39 is 0 Å². The standard InChI is InChI=1S/C23H31N5/c1-5-27(4)17-25-21(16-24)28-18(2)23(3,20-14-10-7-11-15-20)22(26-28)19-12-8-6-9-13-19/h6-15,18H,5,16-17,24H2,1-4H3/b25-21+. The first-order valence-corrected chi connectivity index (χ1v) is 9.93. The Balaban J connectivity index is 2.08. The molecule has 0 saturated heterocycles. The van der Waals surface area contributed by atoms with E-state index >= 15 is 0 Å². The molecule has 1 heterocycles. The van der Waals surface area contributed by atoms with Crippen molar-refractivity contribution in [1.82, 2.24) is 9.91 Å². The van der Waals surface area contributed by atoms with Gasteiger partial charge in [-0.1, -0.05) is 67.6 Å². The van der Waals surface area contributed by atoms with Crippen LogP contribution in [0, 0.1) is 0 Å². The Kier molecular flexibility index (Phi) is 6.27. The fourth-order valence-corrected chi connectivity index (χ4v) is 3.67. The van der Waals surface area contributed by atoms with E-state index in [1.807, 2.05) is 11.1 Å². The van der Waals surface area contributed by atoms with Gasteiger partial charge in [-0.2, -0.15) is 5.10 Å². The van der Waals surface area contributed by atoms with Gasteiger partial charge in [0.1, 0.15) is 5.84 Å². The molecule has 3 rings (SSSR count). The van der Waals surface area contributed by atoms with Crippen LogP contribution in [-0.4, -0.2) is 54.3 Å². The van der Waals surface area contributed by atoms with Crippen LogP contribution in [0.3, 0.4) is 0 Å². The summed E-state index contributed by atoms with van der Waals surface area (Å²) < 4.78 is 0. The van der Waals surface area contributed by atoms with E-state index in [4.69, 9.17) is 15.8 Å². The topological polar surface area (TPSA) is 57.2 Å². The van der Waals surface area contributed by atoms with Crippen LogP contribution in [0.1, 0.15) is 31.9 Å². The quantitative estimate of drug-likeness (QED) is 0.621. The predicted octanol–water partition coefficient (Wildman–Crippen LogP) is 3.32. The summed E-state index contributed by atoms with van der Waals surface area (Å²) >= 11 is 0. The lowest BCUT2D eigenvalue weighted by atomic mass is 9.71. The maximum absolute atomic E-state index is 6.09. The largest absolute Gasteiger partial charge is 0.324 e. The molecule has 5 nitrogen and oxygen atoms in total. The summed E-state index contributed by atoms with van der Waals surface area (Å²) in [4.78, 5) is 6.92. The first-order chi connectivity index (χ1) is 13.5. The van der Waals surface area contributed by atoms with Crippen LogP contribution in [0.2, 0.25) is 0 Å². The van der Waals surface area contributed by atoms with Crippen molar-refractivity contribution in [3.8, 4) is 0 Å². The molecule has 0 spiro atoms. The molecule has 28 heavy (non-hydrogen) atoms. The number of amidine groups is 1. The summed E-state index contributed by atoms with van der Waals surface area (Å²) in [6.45, 7) is 8.51. The van der Waals surface area contributed by atoms with Gasteiger partial charge in [-0.3, -0.25) is 9.89 Å². The number of hydrogen-bond acceptors (Lipinski definition) is 4. The molecule has 0 saturated carbocycles. The zero-order chi connectivity index (χ0) is 20.1. The second-order valence-corrected chi connectivity index (χ2v) is 7.50. The summed E-state index contributed by atoms with van der Waals surface area (Å²) in [5.74, 6) is 0.820. The highest BCUT2D eigenvalue weighted by Crippen LogP contribution is 2.40. The van der Waals surface area contributed by atoms with Gasteiger partial charge < -0.3 is 5.73 Å². The van der Waals surface area contributed by atoms with Crippen molar-refractivity contribution in [1.29, 1.82) is 0 Å². The Morgan fingerprint density at radius 1 is 1.14 bits per heavy atom. The Morgan fingerprint density at radius 3 is 2.32 bits per heavy atom. The molecule has 0 amide bonds. The van der Waals surface area contributed by atoms with Crippen LogP contribution < -0.4 is 5.73 Å². The third-order valence-corrected chi connectivity index (χ3v) is 5.80. The van der Waals surface area contributed by atoms with Crippen molar-refractivity contribution in [2.24, 2.45) is 15.8 Å². The molecule has 2 unspecified atom stereocenters. The van der Waals surface area contributed by atoms with Crippen LogP contribution in [0.15, 0.2) is 70.8 Å². The molecular weight excluding hydrogens is 346 g/mol. The maximum Gasteiger partial charge on any atom is 0.135 e. The lowest BCUT2D eigenvalue weighted by molar-refractivity contribution is 0.304. The van der Waals surface area contributed by atoms with Gasteiger partial charge in [-0.15, -0.1) is 0 Å². The number of rotatable bonds is 6. The molecule has 1 aliphatic heterocycles. The van der Waals surface area contributed by atoms with E-state index in [1.54, 1.807) is 0 Å². The monoisotopic (exact) mass is 377 g/mol. The molecule has 2 atom stereocenters. The van der Waals surface area contributed by atoms with Crippen LogP contribution in [0.5, 0.6) is 0 Å². The van der Waals surface area contributed by atoms with Gasteiger partial charge in [0, 0.05) is 0 Å². The summed E-state index contributed by atoms with van der Waals surface area (Å²) in [5, 5.41) is 7.09. The summed E-state index contributed by atoms with van der Waals surface area (Å²) in [5.41, 5.74) is 9.25. The fourth-order valence-electron chi connectivity index (χ4n) is 3.67. The number of benzene rings is 2. The Bertz CT molecular complexity index is 831. The van der Waals surface area contributed by atoms with E-state index in [2.05, 4.69) is 87.3 Å². The van der Waals surface area contributed by atoms with Crippen molar-refractivity contribution in [2.75, 3.05) is 26.8 Å². The second-order valence-electron chi connectivity index (χ2n) is 7.50. The Morgan fingerprint density at radius 2 is 1.75 bits per heavy atom. The molecular formula is C23H31N5. The fraction of sp³-hybridized carbons (Fsp3) is 0.391. The molecule has 0 aliphatic carbocycles. The molecule has 148 valence electrons. The van der Waals surface area contributed by atoms with Crippen LogP contribution in [0.4, 0.5) is 0 Å². The van der Waals surface area contributed by atoms with Gasteiger partial charge in [-0.05, 0) is 38.6 Å². The minimum Gasteiger partial charge on any atom is -0.324 e. The van der Waals surface area contributed by atoms with E-state index in [-0.39, 0.29) is 11.5 Å². The van der Waals surface area contributed by atoms with Gasteiger partial charge in [-0.25, -0.2) is 5.01 Å². The third-order valence-electron chi connectivity index (χ3n) is 5.80. The highest BCUT2D eigenvalue weighted by atomic mass is 15.5. The maximum atomic E-state index is 6.09. The van der Waals surface area contributed by atoms with Gasteiger partial charge in [0.05, 0.1) is 30.4 Å². The average molecular weight is 378 g/mol. The summed E-state index contributed by atoms with van der Waals surface area (Å²) in [7, 11) is 2.05. The lowest BCUT2D eigenvalue weighted by Gasteiger charge is -2.34. The molecule has 1 aliphatic rings. The molecule has 0 fully saturated rings.